The van der Waals surface area contributed by atoms with Gasteiger partial charge in [-0.2, -0.15) is 0 Å². The molecule has 0 aliphatic carbocycles. The Morgan fingerprint density at radius 2 is 2.27 bits per heavy atom. The van der Waals surface area contributed by atoms with Gasteiger partial charge in [0, 0.05) is 16.6 Å². The minimum Gasteiger partial charge on any atom is -0.393 e. The van der Waals surface area contributed by atoms with E-state index in [-0.39, 0.29) is 18.0 Å². The molecule has 0 amide bonds. The summed E-state index contributed by atoms with van der Waals surface area (Å²) >= 11 is 5.95. The normalized spacial score (nSPS) is 26.6. The standard InChI is InChI=1S/C11H13ClFNO/c12-8-2-1-3-9(13)11(8)10-6-7(15)4-5-14-10/h1-3,7,10,14-15H,4-6H2. The molecule has 0 aromatic heterocycles. The number of nitrogens with one attached hydrogen (secondary N) is 1. The van der Waals surface area contributed by atoms with Crippen LogP contribution in [0.25, 0.3) is 0 Å². The maximum atomic E-state index is 13.6. The van der Waals surface area contributed by atoms with Crippen molar-refractivity contribution < 1.29 is 9.50 Å². The molecule has 1 aliphatic rings. The molecule has 2 unspecified atom stereocenters. The van der Waals surface area contributed by atoms with Gasteiger partial charge in [-0.25, -0.2) is 4.39 Å². The minimum atomic E-state index is -0.369. The van der Waals surface area contributed by atoms with E-state index >= 15 is 0 Å². The van der Waals surface area contributed by atoms with E-state index in [1.807, 2.05) is 0 Å². The van der Waals surface area contributed by atoms with Crippen molar-refractivity contribution in [3.8, 4) is 0 Å². The van der Waals surface area contributed by atoms with Gasteiger partial charge in [-0.15, -0.1) is 0 Å². The van der Waals surface area contributed by atoms with Crippen molar-refractivity contribution in [2.75, 3.05) is 6.54 Å². The minimum absolute atomic E-state index is 0.178. The summed E-state index contributed by atoms with van der Waals surface area (Å²) < 4.78 is 13.6. The largest absolute Gasteiger partial charge is 0.393 e. The predicted octanol–water partition coefficient (Wildman–Crippen LogP) is 2.26. The summed E-state index contributed by atoms with van der Waals surface area (Å²) in [7, 11) is 0. The smallest absolute Gasteiger partial charge is 0.129 e. The van der Waals surface area contributed by atoms with Crippen molar-refractivity contribution in [3.63, 3.8) is 0 Å². The van der Waals surface area contributed by atoms with E-state index in [0.29, 0.717) is 30.0 Å². The third-order valence-corrected chi connectivity index (χ3v) is 3.05. The van der Waals surface area contributed by atoms with E-state index in [4.69, 9.17) is 11.6 Å². The van der Waals surface area contributed by atoms with Gasteiger partial charge in [0.2, 0.25) is 0 Å². The van der Waals surface area contributed by atoms with Gasteiger partial charge < -0.3 is 10.4 Å². The van der Waals surface area contributed by atoms with E-state index in [1.54, 1.807) is 12.1 Å². The fourth-order valence-corrected chi connectivity index (χ4v) is 2.26. The van der Waals surface area contributed by atoms with E-state index in [0.717, 1.165) is 0 Å². The number of aliphatic hydroxyl groups excluding tert-OH is 1. The van der Waals surface area contributed by atoms with Gasteiger partial charge in [-0.05, 0) is 31.5 Å². The van der Waals surface area contributed by atoms with Crippen LogP contribution in [0.2, 0.25) is 5.02 Å². The van der Waals surface area contributed by atoms with Crippen LogP contribution in [-0.4, -0.2) is 17.8 Å². The van der Waals surface area contributed by atoms with Crippen LogP contribution < -0.4 is 5.32 Å². The first-order valence-electron chi connectivity index (χ1n) is 5.04. The first-order chi connectivity index (χ1) is 7.18. The summed E-state index contributed by atoms with van der Waals surface area (Å²) in [5.74, 6) is -0.311. The molecule has 1 aromatic carbocycles. The summed E-state index contributed by atoms with van der Waals surface area (Å²) in [5, 5.41) is 13.1. The number of hydrogen-bond donors (Lipinski definition) is 2. The first kappa shape index (κ1) is 10.9. The lowest BCUT2D eigenvalue weighted by Gasteiger charge is -2.28. The summed E-state index contributed by atoms with van der Waals surface area (Å²) in [4.78, 5) is 0. The summed E-state index contributed by atoms with van der Waals surface area (Å²) in [5.41, 5.74) is 0.470. The van der Waals surface area contributed by atoms with Crippen LogP contribution in [0.15, 0.2) is 18.2 Å². The second kappa shape index (κ2) is 4.47. The van der Waals surface area contributed by atoms with Crippen molar-refractivity contribution in [1.29, 1.82) is 0 Å². The fraction of sp³-hybridized carbons (Fsp3) is 0.455. The van der Waals surface area contributed by atoms with E-state index in [9.17, 15) is 9.50 Å². The monoisotopic (exact) mass is 229 g/mol. The average molecular weight is 230 g/mol. The first-order valence-corrected chi connectivity index (χ1v) is 5.41. The van der Waals surface area contributed by atoms with Crippen molar-refractivity contribution in [3.05, 3.63) is 34.6 Å². The van der Waals surface area contributed by atoms with Crippen LogP contribution in [0.5, 0.6) is 0 Å². The quantitative estimate of drug-likeness (QED) is 0.774. The molecular formula is C11H13ClFNO. The van der Waals surface area contributed by atoms with Crippen LogP contribution >= 0.6 is 11.6 Å². The molecule has 2 rings (SSSR count). The molecule has 0 radical (unpaired) electrons. The molecule has 0 spiro atoms. The Morgan fingerprint density at radius 1 is 1.47 bits per heavy atom. The molecule has 2 N–H and O–H groups in total. The Morgan fingerprint density at radius 3 is 2.93 bits per heavy atom. The molecular weight excluding hydrogens is 217 g/mol. The van der Waals surface area contributed by atoms with Crippen molar-refractivity contribution >= 4 is 11.6 Å². The molecule has 15 heavy (non-hydrogen) atoms. The molecule has 1 saturated heterocycles. The zero-order valence-electron chi connectivity index (χ0n) is 8.21. The maximum Gasteiger partial charge on any atom is 0.129 e. The van der Waals surface area contributed by atoms with Crippen LogP contribution in [0, 0.1) is 5.82 Å². The Bertz CT molecular complexity index is 338. The van der Waals surface area contributed by atoms with Gasteiger partial charge in [0.05, 0.1) is 6.10 Å². The Labute approximate surface area is 93.1 Å². The van der Waals surface area contributed by atoms with Gasteiger partial charge in [-0.1, -0.05) is 17.7 Å². The Balaban J connectivity index is 2.28. The highest BCUT2D eigenvalue weighted by Gasteiger charge is 2.24. The number of rotatable bonds is 1. The van der Waals surface area contributed by atoms with E-state index in [2.05, 4.69) is 5.32 Å². The molecule has 0 saturated carbocycles. The van der Waals surface area contributed by atoms with Gasteiger partial charge in [-0.3, -0.25) is 0 Å². The van der Waals surface area contributed by atoms with E-state index in [1.165, 1.54) is 6.07 Å². The molecule has 0 bridgehead atoms. The molecule has 4 heteroatoms. The zero-order valence-corrected chi connectivity index (χ0v) is 8.97. The van der Waals surface area contributed by atoms with Crippen LogP contribution in [0.3, 0.4) is 0 Å². The van der Waals surface area contributed by atoms with Crippen molar-refractivity contribution in [2.24, 2.45) is 0 Å². The second-order valence-corrected chi connectivity index (χ2v) is 4.23. The molecule has 2 nitrogen and oxygen atoms in total. The third-order valence-electron chi connectivity index (χ3n) is 2.72. The van der Waals surface area contributed by atoms with Crippen LogP contribution in [0.1, 0.15) is 24.4 Å². The summed E-state index contributed by atoms with van der Waals surface area (Å²) in [6.45, 7) is 0.691. The molecule has 82 valence electrons. The Kier molecular flexibility index (Phi) is 3.24. The summed E-state index contributed by atoms with van der Waals surface area (Å²) in [6, 6.07) is 4.47. The maximum absolute atomic E-state index is 13.6. The number of hydrogen-bond acceptors (Lipinski definition) is 2. The molecule has 1 fully saturated rings. The topological polar surface area (TPSA) is 32.3 Å². The SMILES string of the molecule is OC1CCNC(c2c(F)cccc2Cl)C1. The van der Waals surface area contributed by atoms with Crippen molar-refractivity contribution in [2.45, 2.75) is 25.0 Å². The van der Waals surface area contributed by atoms with Crippen molar-refractivity contribution in [1.82, 2.24) is 5.32 Å². The highest BCUT2D eigenvalue weighted by molar-refractivity contribution is 6.31. The predicted molar refractivity (Wildman–Crippen MR) is 57.4 cm³/mol. The van der Waals surface area contributed by atoms with Gasteiger partial charge >= 0.3 is 0 Å². The highest BCUT2D eigenvalue weighted by atomic mass is 35.5. The molecule has 1 aliphatic heterocycles. The molecule has 1 aromatic rings. The molecule has 1 heterocycles. The lowest BCUT2D eigenvalue weighted by atomic mass is 9.95. The number of piperidine rings is 1. The van der Waals surface area contributed by atoms with Crippen LogP contribution in [-0.2, 0) is 0 Å². The molecule has 2 atom stereocenters. The van der Waals surface area contributed by atoms with Gasteiger partial charge in [0.25, 0.3) is 0 Å². The lowest BCUT2D eigenvalue weighted by Crippen LogP contribution is -2.34. The average Bonchev–Trinajstić information content (AvgIpc) is 2.17. The van der Waals surface area contributed by atoms with Gasteiger partial charge in [0.1, 0.15) is 5.82 Å². The van der Waals surface area contributed by atoms with E-state index < -0.39 is 0 Å². The lowest BCUT2D eigenvalue weighted by molar-refractivity contribution is 0.116. The summed E-state index contributed by atoms with van der Waals surface area (Å²) in [6.07, 6.45) is 0.857. The van der Waals surface area contributed by atoms with Crippen LogP contribution in [0.4, 0.5) is 4.39 Å². The fourth-order valence-electron chi connectivity index (χ4n) is 1.96. The third kappa shape index (κ3) is 2.30. The van der Waals surface area contributed by atoms with Gasteiger partial charge in [0.15, 0.2) is 0 Å². The Hall–Kier alpha value is -0.640. The zero-order chi connectivity index (χ0) is 10.8. The highest BCUT2D eigenvalue weighted by Crippen LogP contribution is 2.30. The number of halogens is 2. The number of benzene rings is 1. The second-order valence-electron chi connectivity index (χ2n) is 3.82. The number of aliphatic hydroxyl groups is 1.